The van der Waals surface area contributed by atoms with Crippen LogP contribution >= 0.6 is 0 Å². The van der Waals surface area contributed by atoms with Gasteiger partial charge in [-0.1, -0.05) is 42.5 Å². The second-order valence-electron chi connectivity index (χ2n) is 9.04. The number of halogens is 7. The van der Waals surface area contributed by atoms with Crippen molar-refractivity contribution in [2.75, 3.05) is 11.4 Å². The van der Waals surface area contributed by atoms with Gasteiger partial charge in [-0.15, -0.1) is 0 Å². The summed E-state index contributed by atoms with van der Waals surface area (Å²) in [5, 5.41) is 9.80. The lowest BCUT2D eigenvalue weighted by atomic mass is 10.1. The van der Waals surface area contributed by atoms with Crippen LogP contribution in [0.4, 0.5) is 36.4 Å². The molecule has 0 aliphatic rings. The highest BCUT2D eigenvalue weighted by Gasteiger charge is 2.44. The second-order valence-corrected chi connectivity index (χ2v) is 9.04. The summed E-state index contributed by atoms with van der Waals surface area (Å²) in [4.78, 5) is 1.14. The lowest BCUT2D eigenvalue weighted by Gasteiger charge is -2.29. The van der Waals surface area contributed by atoms with Gasteiger partial charge >= 0.3 is 18.7 Å². The van der Waals surface area contributed by atoms with Crippen molar-refractivity contribution in [3.05, 3.63) is 109 Å². The SMILES string of the molecule is OC(CN(Cc1cccc(OC(F)(F)C(F)F)c1)c1cccc(Oc2cccc(Oc3ccccc3)c2)c1)C(F)(F)F. The van der Waals surface area contributed by atoms with E-state index in [0.29, 0.717) is 17.2 Å². The maximum atomic E-state index is 13.4. The Balaban J connectivity index is 1.56. The highest BCUT2D eigenvalue weighted by atomic mass is 19.4. The van der Waals surface area contributed by atoms with Gasteiger partial charge in [0.2, 0.25) is 0 Å². The maximum absolute atomic E-state index is 13.4. The molecule has 0 aliphatic carbocycles. The van der Waals surface area contributed by atoms with Crippen molar-refractivity contribution in [2.45, 2.75) is 31.4 Å². The zero-order valence-corrected chi connectivity index (χ0v) is 21.6. The first-order chi connectivity index (χ1) is 19.9. The number of para-hydroxylation sites is 1. The molecule has 4 aromatic rings. The molecule has 222 valence electrons. The highest BCUT2D eigenvalue weighted by Crippen LogP contribution is 2.33. The normalized spacial score (nSPS) is 12.6. The molecule has 0 saturated carbocycles. The molecule has 0 spiro atoms. The van der Waals surface area contributed by atoms with Gasteiger partial charge in [0.1, 0.15) is 28.7 Å². The minimum atomic E-state index is -4.95. The third-order valence-corrected chi connectivity index (χ3v) is 5.75. The number of hydrogen-bond donors (Lipinski definition) is 1. The molecule has 1 N–H and O–H groups in total. The number of aliphatic hydroxyl groups excluding tert-OH is 1. The van der Waals surface area contributed by atoms with Gasteiger partial charge in [0.15, 0.2) is 6.10 Å². The molecule has 4 aromatic carbocycles. The molecule has 0 saturated heterocycles. The van der Waals surface area contributed by atoms with Crippen molar-refractivity contribution in [2.24, 2.45) is 0 Å². The van der Waals surface area contributed by atoms with Crippen molar-refractivity contribution >= 4 is 5.69 Å². The van der Waals surface area contributed by atoms with Gasteiger partial charge in [0.05, 0.1) is 6.54 Å². The summed E-state index contributed by atoms with van der Waals surface area (Å²) in [6.45, 7) is -1.25. The fourth-order valence-electron chi connectivity index (χ4n) is 3.81. The van der Waals surface area contributed by atoms with Crippen molar-refractivity contribution in [3.8, 4) is 28.7 Å². The van der Waals surface area contributed by atoms with Crippen LogP contribution in [0.1, 0.15) is 5.56 Å². The van der Waals surface area contributed by atoms with E-state index < -0.39 is 37.1 Å². The number of alkyl halides is 7. The Kier molecular flexibility index (Phi) is 9.46. The molecule has 1 atom stereocenters. The Bertz CT molecular complexity index is 1450. The summed E-state index contributed by atoms with van der Waals surface area (Å²) in [5.41, 5.74) is 0.348. The number of ether oxygens (including phenoxy) is 3. The lowest BCUT2D eigenvalue weighted by molar-refractivity contribution is -0.253. The molecule has 0 bridgehead atoms. The van der Waals surface area contributed by atoms with Crippen LogP contribution in [-0.2, 0) is 6.54 Å². The van der Waals surface area contributed by atoms with Gasteiger partial charge in [0.25, 0.3) is 0 Å². The molecule has 0 heterocycles. The number of rotatable bonds is 12. The van der Waals surface area contributed by atoms with Crippen molar-refractivity contribution in [1.82, 2.24) is 0 Å². The van der Waals surface area contributed by atoms with Crippen LogP contribution in [0, 0.1) is 0 Å². The van der Waals surface area contributed by atoms with Crippen molar-refractivity contribution < 1.29 is 50.1 Å². The minimum Gasteiger partial charge on any atom is -0.457 e. The van der Waals surface area contributed by atoms with Gasteiger partial charge in [-0.2, -0.15) is 30.7 Å². The smallest absolute Gasteiger partial charge is 0.457 e. The first-order valence-corrected chi connectivity index (χ1v) is 12.4. The molecule has 1 unspecified atom stereocenters. The van der Waals surface area contributed by atoms with Crippen LogP contribution in [0.25, 0.3) is 0 Å². The number of benzene rings is 4. The molecule has 0 amide bonds. The summed E-state index contributed by atoms with van der Waals surface area (Å²) in [6.07, 6.45) is -16.6. The summed E-state index contributed by atoms with van der Waals surface area (Å²) >= 11 is 0. The first-order valence-electron chi connectivity index (χ1n) is 12.4. The Morgan fingerprint density at radius 1 is 0.643 bits per heavy atom. The third-order valence-electron chi connectivity index (χ3n) is 5.75. The molecule has 42 heavy (non-hydrogen) atoms. The van der Waals surface area contributed by atoms with E-state index >= 15 is 0 Å². The van der Waals surface area contributed by atoms with E-state index in [-0.39, 0.29) is 23.5 Å². The fraction of sp³-hybridized carbons (Fsp3) is 0.200. The van der Waals surface area contributed by atoms with Crippen LogP contribution in [-0.4, -0.2) is 36.5 Å². The number of hydrogen-bond acceptors (Lipinski definition) is 5. The van der Waals surface area contributed by atoms with Gasteiger partial charge in [-0.05, 0) is 54.1 Å². The fourth-order valence-corrected chi connectivity index (χ4v) is 3.81. The molecule has 0 fully saturated rings. The Labute approximate surface area is 236 Å². The highest BCUT2D eigenvalue weighted by molar-refractivity contribution is 5.53. The summed E-state index contributed by atoms with van der Waals surface area (Å²) in [5.74, 6) is 1.08. The molecule has 0 aliphatic heterocycles. The van der Waals surface area contributed by atoms with E-state index in [1.807, 2.05) is 18.2 Å². The van der Waals surface area contributed by atoms with Crippen LogP contribution in [0.2, 0.25) is 0 Å². The largest absolute Gasteiger partial charge is 0.461 e. The molecule has 5 nitrogen and oxygen atoms in total. The molecule has 4 rings (SSSR count). The van der Waals surface area contributed by atoms with E-state index in [0.717, 1.165) is 17.0 Å². The number of aliphatic hydroxyl groups is 1. The Morgan fingerprint density at radius 3 is 1.83 bits per heavy atom. The van der Waals surface area contributed by atoms with Crippen LogP contribution < -0.4 is 19.1 Å². The summed E-state index contributed by atoms with van der Waals surface area (Å²) in [6, 6.07) is 26.3. The molecule has 0 aromatic heterocycles. The maximum Gasteiger partial charge on any atom is 0.461 e. The average Bonchev–Trinajstić information content (AvgIpc) is 2.93. The van der Waals surface area contributed by atoms with Crippen LogP contribution in [0.3, 0.4) is 0 Å². The van der Waals surface area contributed by atoms with Crippen molar-refractivity contribution in [1.29, 1.82) is 0 Å². The van der Waals surface area contributed by atoms with E-state index in [1.165, 1.54) is 30.3 Å². The number of anilines is 1. The van der Waals surface area contributed by atoms with Gasteiger partial charge in [-0.3, -0.25) is 0 Å². The molecular weight excluding hydrogens is 571 g/mol. The third kappa shape index (κ3) is 8.53. The van der Waals surface area contributed by atoms with E-state index in [4.69, 9.17) is 9.47 Å². The van der Waals surface area contributed by atoms with E-state index in [9.17, 15) is 35.8 Å². The van der Waals surface area contributed by atoms with Crippen LogP contribution in [0.15, 0.2) is 103 Å². The monoisotopic (exact) mass is 595 g/mol. The minimum absolute atomic E-state index is 0.157. The Hall–Kier alpha value is -4.45. The summed E-state index contributed by atoms with van der Waals surface area (Å²) in [7, 11) is 0. The van der Waals surface area contributed by atoms with E-state index in [2.05, 4.69) is 4.74 Å². The second kappa shape index (κ2) is 13.0. The predicted molar refractivity (Wildman–Crippen MR) is 141 cm³/mol. The molecule has 12 heteroatoms. The average molecular weight is 596 g/mol. The molecular formula is C30H24F7NO4. The topological polar surface area (TPSA) is 51.2 Å². The first kappa shape index (κ1) is 30.5. The lowest BCUT2D eigenvalue weighted by Crippen LogP contribution is -2.40. The zero-order valence-electron chi connectivity index (χ0n) is 21.6. The van der Waals surface area contributed by atoms with Gasteiger partial charge < -0.3 is 24.2 Å². The molecule has 0 radical (unpaired) electrons. The quantitative estimate of drug-likeness (QED) is 0.167. The standard InChI is InChI=1S/C30H24F7NO4/c31-28(32)30(36,37)42-26-14-4-7-20(15-26)18-38(19-27(39)29(33,34)35)21-8-5-11-23(16-21)41-25-13-6-12-24(17-25)40-22-9-2-1-3-10-22/h1-17,27-28,39H,18-19H2. The summed E-state index contributed by atoms with van der Waals surface area (Å²) < 4.78 is 107. The zero-order chi connectivity index (χ0) is 30.3. The van der Waals surface area contributed by atoms with Gasteiger partial charge in [0, 0.05) is 24.4 Å². The van der Waals surface area contributed by atoms with Gasteiger partial charge in [-0.25, -0.2) is 0 Å². The number of nitrogens with zero attached hydrogens (tertiary/aromatic N) is 1. The van der Waals surface area contributed by atoms with Crippen LogP contribution in [0.5, 0.6) is 28.7 Å². The van der Waals surface area contributed by atoms with Crippen molar-refractivity contribution in [3.63, 3.8) is 0 Å². The predicted octanol–water partition coefficient (Wildman–Crippen LogP) is 8.44. The Morgan fingerprint density at radius 2 is 1.19 bits per heavy atom. The van der Waals surface area contributed by atoms with E-state index in [1.54, 1.807) is 42.5 Å².